The first-order valence-electron chi connectivity index (χ1n) is 10.8. The van der Waals surface area contributed by atoms with Gasteiger partial charge in [-0.3, -0.25) is 0 Å². The van der Waals surface area contributed by atoms with Crippen LogP contribution in [0.25, 0.3) is 6.08 Å². The molecule has 1 N–H and O–H groups in total. The number of aromatic nitrogens is 2. The first-order valence-corrected chi connectivity index (χ1v) is 12.2. The average molecular weight is 474 g/mol. The van der Waals surface area contributed by atoms with Crippen LogP contribution in [0.2, 0.25) is 0 Å². The molecule has 2 aromatic rings. The highest BCUT2D eigenvalue weighted by atomic mass is 32.2. The van der Waals surface area contributed by atoms with Crippen molar-refractivity contribution in [3.05, 3.63) is 48.8 Å². The summed E-state index contributed by atoms with van der Waals surface area (Å²) in [5.41, 5.74) is 0.923. The molecule has 33 heavy (non-hydrogen) atoms. The fourth-order valence-corrected chi connectivity index (χ4v) is 4.86. The molecule has 1 aliphatic heterocycles. The third-order valence-electron chi connectivity index (χ3n) is 5.33. The van der Waals surface area contributed by atoms with Crippen molar-refractivity contribution in [2.75, 3.05) is 25.5 Å². The van der Waals surface area contributed by atoms with Crippen LogP contribution in [0.1, 0.15) is 39.2 Å². The molecule has 1 aromatic carbocycles. The SMILES string of the molecule is C=Cc1cnc(Nc2ccc(S(=O)(=O)N(C)C3CCN(C(=O)OC(C)(C)C)CC3)cc2)nc1. The van der Waals surface area contributed by atoms with E-state index in [1.807, 2.05) is 20.8 Å². The van der Waals surface area contributed by atoms with Gasteiger partial charge in [0.2, 0.25) is 16.0 Å². The summed E-state index contributed by atoms with van der Waals surface area (Å²) in [5.74, 6) is 0.407. The minimum atomic E-state index is -3.68. The summed E-state index contributed by atoms with van der Waals surface area (Å²) in [6, 6.07) is 6.28. The molecule has 178 valence electrons. The molecule has 1 fully saturated rings. The summed E-state index contributed by atoms with van der Waals surface area (Å²) in [4.78, 5) is 22.5. The van der Waals surface area contributed by atoms with Gasteiger partial charge >= 0.3 is 6.09 Å². The number of sulfonamides is 1. The second-order valence-electron chi connectivity index (χ2n) is 8.91. The average Bonchev–Trinajstić information content (AvgIpc) is 2.78. The number of rotatable bonds is 6. The summed E-state index contributed by atoms with van der Waals surface area (Å²) in [6.07, 6.45) is 5.67. The van der Waals surface area contributed by atoms with Crippen molar-refractivity contribution < 1.29 is 17.9 Å². The van der Waals surface area contributed by atoms with Crippen molar-refractivity contribution in [1.29, 1.82) is 0 Å². The van der Waals surface area contributed by atoms with Crippen molar-refractivity contribution in [2.45, 2.75) is 50.2 Å². The fourth-order valence-electron chi connectivity index (χ4n) is 3.45. The zero-order chi connectivity index (χ0) is 24.2. The monoisotopic (exact) mass is 473 g/mol. The number of nitrogens with zero attached hydrogens (tertiary/aromatic N) is 4. The van der Waals surface area contributed by atoms with Crippen molar-refractivity contribution in [1.82, 2.24) is 19.2 Å². The number of nitrogens with one attached hydrogen (secondary N) is 1. The Labute approximate surface area is 195 Å². The Kier molecular flexibility index (Phi) is 7.38. The van der Waals surface area contributed by atoms with Gasteiger partial charge in [0.25, 0.3) is 0 Å². The number of amides is 1. The summed E-state index contributed by atoms with van der Waals surface area (Å²) in [5, 5.41) is 3.04. The van der Waals surface area contributed by atoms with Crippen LogP contribution in [0.4, 0.5) is 16.4 Å². The second kappa shape index (κ2) is 9.88. The van der Waals surface area contributed by atoms with Crippen LogP contribution < -0.4 is 5.32 Å². The Bertz CT molecular complexity index is 1070. The lowest BCUT2D eigenvalue weighted by Gasteiger charge is -2.36. The maximum Gasteiger partial charge on any atom is 0.410 e. The molecule has 1 amide bonds. The minimum Gasteiger partial charge on any atom is -0.444 e. The van der Waals surface area contributed by atoms with E-state index in [2.05, 4.69) is 21.9 Å². The van der Waals surface area contributed by atoms with Gasteiger partial charge in [-0.1, -0.05) is 12.7 Å². The summed E-state index contributed by atoms with van der Waals surface area (Å²) in [7, 11) is -2.09. The van der Waals surface area contributed by atoms with Crippen molar-refractivity contribution >= 4 is 33.8 Å². The fraction of sp³-hybridized carbons (Fsp3) is 0.435. The lowest BCUT2D eigenvalue weighted by Crippen LogP contribution is -2.48. The highest BCUT2D eigenvalue weighted by Gasteiger charge is 2.33. The van der Waals surface area contributed by atoms with Crippen molar-refractivity contribution in [2.24, 2.45) is 0 Å². The Morgan fingerprint density at radius 2 is 1.76 bits per heavy atom. The van der Waals surface area contributed by atoms with Gasteiger partial charge in [0.05, 0.1) is 4.90 Å². The van der Waals surface area contributed by atoms with Gasteiger partial charge in [-0.2, -0.15) is 4.31 Å². The molecule has 1 saturated heterocycles. The molecular weight excluding hydrogens is 442 g/mol. The highest BCUT2D eigenvalue weighted by molar-refractivity contribution is 7.89. The quantitative estimate of drug-likeness (QED) is 0.679. The van der Waals surface area contributed by atoms with E-state index in [-0.39, 0.29) is 17.0 Å². The molecule has 10 heteroatoms. The number of carbonyl (C=O) groups excluding carboxylic acids is 1. The summed E-state index contributed by atoms with van der Waals surface area (Å²) >= 11 is 0. The van der Waals surface area contributed by atoms with Crippen LogP contribution in [0.15, 0.2) is 48.1 Å². The molecular formula is C23H31N5O4S. The topological polar surface area (TPSA) is 105 Å². The van der Waals surface area contributed by atoms with Crippen LogP contribution in [0.3, 0.4) is 0 Å². The van der Waals surface area contributed by atoms with Gasteiger partial charge in [-0.15, -0.1) is 0 Å². The van der Waals surface area contributed by atoms with E-state index in [4.69, 9.17) is 4.74 Å². The number of ether oxygens (including phenoxy) is 1. The van der Waals surface area contributed by atoms with Gasteiger partial charge < -0.3 is 15.0 Å². The Morgan fingerprint density at radius 3 is 2.27 bits per heavy atom. The third kappa shape index (κ3) is 6.29. The zero-order valence-corrected chi connectivity index (χ0v) is 20.3. The first-order chi connectivity index (χ1) is 15.5. The Morgan fingerprint density at radius 1 is 1.18 bits per heavy atom. The van der Waals surface area contributed by atoms with Gasteiger partial charge in [0.15, 0.2) is 0 Å². The summed E-state index contributed by atoms with van der Waals surface area (Å²) < 4.78 is 33.1. The molecule has 2 heterocycles. The van der Waals surface area contributed by atoms with E-state index < -0.39 is 15.6 Å². The predicted octanol–water partition coefficient (Wildman–Crippen LogP) is 3.88. The molecule has 0 bridgehead atoms. The number of piperidine rings is 1. The van der Waals surface area contributed by atoms with Crippen LogP contribution in [0, 0.1) is 0 Å². The maximum absolute atomic E-state index is 13.1. The van der Waals surface area contributed by atoms with E-state index >= 15 is 0 Å². The van der Waals surface area contributed by atoms with E-state index in [1.165, 1.54) is 4.31 Å². The van der Waals surface area contributed by atoms with E-state index in [9.17, 15) is 13.2 Å². The number of hydrogen-bond donors (Lipinski definition) is 1. The number of carbonyl (C=O) groups is 1. The number of benzene rings is 1. The van der Waals surface area contributed by atoms with Crippen LogP contribution >= 0.6 is 0 Å². The van der Waals surface area contributed by atoms with Crippen LogP contribution in [-0.2, 0) is 14.8 Å². The predicted molar refractivity (Wildman–Crippen MR) is 128 cm³/mol. The molecule has 1 aliphatic rings. The van der Waals surface area contributed by atoms with Crippen LogP contribution in [0.5, 0.6) is 0 Å². The van der Waals surface area contributed by atoms with E-state index in [0.717, 1.165) is 5.56 Å². The lowest BCUT2D eigenvalue weighted by atomic mass is 10.1. The van der Waals surface area contributed by atoms with E-state index in [0.29, 0.717) is 37.6 Å². The second-order valence-corrected chi connectivity index (χ2v) is 10.9. The normalized spacial score (nSPS) is 15.4. The number of anilines is 2. The number of likely N-dealkylation sites (tertiary alicyclic amines) is 1. The molecule has 0 unspecified atom stereocenters. The molecule has 0 aliphatic carbocycles. The molecule has 0 atom stereocenters. The zero-order valence-electron chi connectivity index (χ0n) is 19.5. The molecule has 1 aromatic heterocycles. The first kappa shape index (κ1) is 24.7. The van der Waals surface area contributed by atoms with Gasteiger partial charge in [0.1, 0.15) is 5.60 Å². The highest BCUT2D eigenvalue weighted by Crippen LogP contribution is 2.25. The summed E-state index contributed by atoms with van der Waals surface area (Å²) in [6.45, 7) is 10.0. The molecule has 0 spiro atoms. The van der Waals surface area contributed by atoms with Crippen molar-refractivity contribution in [3.63, 3.8) is 0 Å². The Balaban J connectivity index is 1.61. The van der Waals surface area contributed by atoms with Crippen LogP contribution in [-0.4, -0.2) is 65.5 Å². The molecule has 0 saturated carbocycles. The lowest BCUT2D eigenvalue weighted by molar-refractivity contribution is 0.0183. The Hall–Kier alpha value is -2.98. The molecule has 3 rings (SSSR count). The van der Waals surface area contributed by atoms with Gasteiger partial charge in [-0.25, -0.2) is 23.2 Å². The minimum absolute atomic E-state index is 0.191. The molecule has 9 nitrogen and oxygen atoms in total. The third-order valence-corrected chi connectivity index (χ3v) is 7.25. The van der Waals surface area contributed by atoms with Crippen molar-refractivity contribution in [3.8, 4) is 0 Å². The maximum atomic E-state index is 13.1. The van der Waals surface area contributed by atoms with Gasteiger partial charge in [0, 0.05) is 49.8 Å². The van der Waals surface area contributed by atoms with Gasteiger partial charge in [-0.05, 0) is 57.9 Å². The van der Waals surface area contributed by atoms with E-state index in [1.54, 1.807) is 54.7 Å². The largest absolute Gasteiger partial charge is 0.444 e. The number of hydrogen-bond acceptors (Lipinski definition) is 7. The molecule has 0 radical (unpaired) electrons. The standard InChI is InChI=1S/C23H31N5O4S/c1-6-17-15-24-21(25-16-17)26-18-7-9-20(10-8-18)33(30,31)27(5)19-11-13-28(14-12-19)22(29)32-23(2,3)4/h6-10,15-16,19H,1,11-14H2,2-5H3,(H,24,25,26). The smallest absolute Gasteiger partial charge is 0.410 e.